The van der Waals surface area contributed by atoms with Gasteiger partial charge in [-0.1, -0.05) is 54.0 Å². The molecule has 0 saturated carbocycles. The molecule has 1 atom stereocenters. The third-order valence-corrected chi connectivity index (χ3v) is 10.9. The Bertz CT molecular complexity index is 1120. The number of aryl methyl sites for hydroxylation is 1. The van der Waals surface area contributed by atoms with E-state index in [1.807, 2.05) is 55.5 Å². The molecule has 0 saturated heterocycles. The number of aromatic nitrogens is 1. The van der Waals surface area contributed by atoms with Crippen LogP contribution in [0, 0.1) is 6.92 Å². The molecular formula is C25H31BrN2O4Si. The minimum absolute atomic E-state index is 0.0913. The molecule has 0 bridgehead atoms. The fourth-order valence-electron chi connectivity index (χ4n) is 2.95. The predicted octanol–water partition coefficient (Wildman–Crippen LogP) is 8.11. The SMILES string of the molecule is Cc1noc(-c2ccc(Br)cc2)c1NC(=O)OC(C)c1cccc(O[Si](C)(C)C(C)(C)C)c1. The summed E-state index contributed by atoms with van der Waals surface area (Å²) in [5.74, 6) is 1.27. The largest absolute Gasteiger partial charge is 0.543 e. The van der Waals surface area contributed by atoms with Gasteiger partial charge < -0.3 is 13.7 Å². The van der Waals surface area contributed by atoms with E-state index in [0.717, 1.165) is 21.3 Å². The van der Waals surface area contributed by atoms with Gasteiger partial charge in [-0.25, -0.2) is 4.79 Å². The third-order valence-electron chi connectivity index (χ3n) is 5.99. The number of ether oxygens (including phenoxy) is 1. The fraction of sp³-hybridized carbons (Fsp3) is 0.360. The Morgan fingerprint density at radius 3 is 2.45 bits per heavy atom. The second-order valence-corrected chi connectivity index (χ2v) is 15.2. The number of nitrogens with one attached hydrogen (secondary N) is 1. The Kier molecular flexibility index (Phi) is 7.38. The van der Waals surface area contributed by atoms with Crippen molar-refractivity contribution in [2.45, 2.75) is 58.9 Å². The molecule has 0 aliphatic heterocycles. The molecule has 176 valence electrons. The average molecular weight is 532 g/mol. The van der Waals surface area contributed by atoms with Crippen molar-refractivity contribution in [2.75, 3.05) is 5.32 Å². The number of halogens is 1. The smallest absolute Gasteiger partial charge is 0.412 e. The standard InChI is InChI=1S/C25H31BrN2O4Si/c1-16-22(23(31-28-16)18-11-13-20(26)14-12-18)27-24(29)30-17(2)19-9-8-10-21(15-19)32-33(6,7)25(3,4)5/h8-15,17H,1-7H3,(H,27,29). The second kappa shape index (κ2) is 9.73. The van der Waals surface area contributed by atoms with Crippen LogP contribution in [0.25, 0.3) is 11.3 Å². The zero-order valence-corrected chi connectivity index (χ0v) is 22.7. The summed E-state index contributed by atoms with van der Waals surface area (Å²) in [6, 6.07) is 15.3. The van der Waals surface area contributed by atoms with Crippen LogP contribution in [-0.4, -0.2) is 19.6 Å². The van der Waals surface area contributed by atoms with E-state index in [2.05, 4.69) is 60.3 Å². The number of benzene rings is 2. The molecule has 0 spiro atoms. The van der Waals surface area contributed by atoms with Gasteiger partial charge in [-0.3, -0.25) is 5.32 Å². The highest BCUT2D eigenvalue weighted by Gasteiger charge is 2.39. The van der Waals surface area contributed by atoms with Gasteiger partial charge in [0.05, 0.1) is 0 Å². The summed E-state index contributed by atoms with van der Waals surface area (Å²) in [7, 11) is -1.97. The molecule has 3 aromatic rings. The molecule has 1 unspecified atom stereocenters. The summed E-state index contributed by atoms with van der Waals surface area (Å²) in [5.41, 5.74) is 2.72. The van der Waals surface area contributed by atoms with Crippen LogP contribution in [0.4, 0.5) is 10.5 Å². The molecule has 0 aliphatic carbocycles. The molecule has 8 heteroatoms. The molecule has 3 rings (SSSR count). The van der Waals surface area contributed by atoms with E-state index in [1.54, 1.807) is 6.92 Å². The highest BCUT2D eigenvalue weighted by atomic mass is 79.9. The molecular weight excluding hydrogens is 500 g/mol. The van der Waals surface area contributed by atoms with E-state index in [1.165, 1.54) is 0 Å². The Morgan fingerprint density at radius 1 is 1.15 bits per heavy atom. The molecule has 0 radical (unpaired) electrons. The van der Waals surface area contributed by atoms with E-state index >= 15 is 0 Å². The van der Waals surface area contributed by atoms with E-state index in [-0.39, 0.29) is 5.04 Å². The number of hydrogen-bond donors (Lipinski definition) is 1. The van der Waals surface area contributed by atoms with Crippen molar-refractivity contribution in [1.29, 1.82) is 0 Å². The van der Waals surface area contributed by atoms with Crippen LogP contribution < -0.4 is 9.74 Å². The Hall–Kier alpha value is -2.58. The number of nitrogens with zero attached hydrogens (tertiary/aromatic N) is 1. The summed E-state index contributed by atoms with van der Waals surface area (Å²) >= 11 is 3.42. The lowest BCUT2D eigenvalue weighted by Crippen LogP contribution is -2.43. The van der Waals surface area contributed by atoms with Crippen molar-refractivity contribution >= 4 is 36.0 Å². The predicted molar refractivity (Wildman–Crippen MR) is 137 cm³/mol. The van der Waals surface area contributed by atoms with Gasteiger partial charge in [0.15, 0.2) is 5.76 Å². The normalized spacial score (nSPS) is 12.8. The third kappa shape index (κ3) is 6.06. The number of hydrogen-bond acceptors (Lipinski definition) is 5. The van der Waals surface area contributed by atoms with Crippen LogP contribution in [0.3, 0.4) is 0 Å². The first kappa shape index (κ1) is 25.0. The Morgan fingerprint density at radius 2 is 1.82 bits per heavy atom. The Balaban J connectivity index is 1.71. The molecule has 2 aromatic carbocycles. The molecule has 1 aromatic heterocycles. The number of carbonyl (C=O) groups is 1. The number of carbonyl (C=O) groups excluding carboxylic acids is 1. The molecule has 6 nitrogen and oxygen atoms in total. The first-order valence-electron chi connectivity index (χ1n) is 10.9. The van der Waals surface area contributed by atoms with Gasteiger partial charge in [-0.15, -0.1) is 0 Å². The lowest BCUT2D eigenvalue weighted by atomic mass is 10.1. The zero-order valence-electron chi connectivity index (χ0n) is 20.2. The second-order valence-electron chi connectivity index (χ2n) is 9.59. The maximum absolute atomic E-state index is 12.7. The van der Waals surface area contributed by atoms with Crippen LogP contribution in [-0.2, 0) is 4.74 Å². The van der Waals surface area contributed by atoms with E-state index in [4.69, 9.17) is 13.7 Å². The van der Waals surface area contributed by atoms with Gasteiger partial charge in [0.2, 0.25) is 8.32 Å². The van der Waals surface area contributed by atoms with Crippen molar-refractivity contribution in [3.63, 3.8) is 0 Å². The van der Waals surface area contributed by atoms with Crippen LogP contribution in [0.2, 0.25) is 18.1 Å². The van der Waals surface area contributed by atoms with Crippen molar-refractivity contribution in [3.05, 3.63) is 64.3 Å². The van der Waals surface area contributed by atoms with Crippen LogP contribution in [0.5, 0.6) is 5.75 Å². The summed E-state index contributed by atoms with van der Waals surface area (Å²) < 4.78 is 18.5. The lowest BCUT2D eigenvalue weighted by Gasteiger charge is -2.36. The summed E-state index contributed by atoms with van der Waals surface area (Å²) in [6.07, 6.45) is -1.05. The van der Waals surface area contributed by atoms with Crippen LogP contribution >= 0.6 is 15.9 Å². The quantitative estimate of drug-likeness (QED) is 0.325. The van der Waals surface area contributed by atoms with Crippen LogP contribution in [0.1, 0.15) is 45.1 Å². The van der Waals surface area contributed by atoms with Crippen molar-refractivity contribution < 1.29 is 18.5 Å². The summed E-state index contributed by atoms with van der Waals surface area (Å²) in [5, 5.41) is 6.88. The fourth-order valence-corrected chi connectivity index (χ4v) is 4.24. The van der Waals surface area contributed by atoms with Gasteiger partial charge in [0.1, 0.15) is 23.2 Å². The maximum Gasteiger partial charge on any atom is 0.412 e. The van der Waals surface area contributed by atoms with Crippen molar-refractivity contribution in [1.82, 2.24) is 5.16 Å². The maximum atomic E-state index is 12.7. The van der Waals surface area contributed by atoms with Gasteiger partial charge in [-0.2, -0.15) is 0 Å². The minimum atomic E-state index is -1.97. The summed E-state index contributed by atoms with van der Waals surface area (Å²) in [6.45, 7) is 14.6. The van der Waals surface area contributed by atoms with Gasteiger partial charge >= 0.3 is 6.09 Å². The highest BCUT2D eigenvalue weighted by molar-refractivity contribution is 9.10. The van der Waals surface area contributed by atoms with E-state index in [9.17, 15) is 4.79 Å². The number of rotatable bonds is 6. The summed E-state index contributed by atoms with van der Waals surface area (Å²) in [4.78, 5) is 12.7. The molecule has 0 aliphatic rings. The number of amides is 1. The highest BCUT2D eigenvalue weighted by Crippen LogP contribution is 2.38. The monoisotopic (exact) mass is 530 g/mol. The van der Waals surface area contributed by atoms with E-state index < -0.39 is 20.5 Å². The number of anilines is 1. The average Bonchev–Trinajstić information content (AvgIpc) is 3.07. The first-order chi connectivity index (χ1) is 15.4. The van der Waals surface area contributed by atoms with Crippen LogP contribution in [0.15, 0.2) is 57.5 Å². The topological polar surface area (TPSA) is 73.6 Å². The van der Waals surface area contributed by atoms with Crippen molar-refractivity contribution in [2.24, 2.45) is 0 Å². The van der Waals surface area contributed by atoms with Gasteiger partial charge in [0.25, 0.3) is 0 Å². The molecule has 1 heterocycles. The Labute approximate surface area is 204 Å². The zero-order chi connectivity index (χ0) is 24.4. The first-order valence-corrected chi connectivity index (χ1v) is 14.6. The minimum Gasteiger partial charge on any atom is -0.543 e. The van der Waals surface area contributed by atoms with Gasteiger partial charge in [0, 0.05) is 10.0 Å². The van der Waals surface area contributed by atoms with E-state index in [0.29, 0.717) is 17.1 Å². The van der Waals surface area contributed by atoms with Gasteiger partial charge in [-0.05, 0) is 73.9 Å². The molecule has 1 N–H and O–H groups in total. The molecule has 0 fully saturated rings. The molecule has 33 heavy (non-hydrogen) atoms. The van der Waals surface area contributed by atoms with Crippen molar-refractivity contribution in [3.8, 4) is 17.1 Å². The molecule has 1 amide bonds. The lowest BCUT2D eigenvalue weighted by molar-refractivity contribution is 0.121.